The Morgan fingerprint density at radius 3 is 2.63 bits per heavy atom. The first-order valence-electron chi connectivity index (χ1n) is 6.38. The maximum atomic E-state index is 12.4. The highest BCUT2D eigenvalue weighted by Crippen LogP contribution is 2.44. The average Bonchev–Trinajstić information content (AvgIpc) is 2.27. The third kappa shape index (κ3) is 3.41. The summed E-state index contributed by atoms with van der Waals surface area (Å²) in [4.78, 5) is 0. The summed E-state index contributed by atoms with van der Waals surface area (Å²) >= 11 is 0. The monoisotopic (exact) mass is 274 g/mol. The first kappa shape index (κ1) is 14.2. The van der Waals surface area contributed by atoms with Crippen LogP contribution in [0.3, 0.4) is 0 Å². The molecule has 106 valence electrons. The highest BCUT2D eigenvalue weighted by atomic mass is 19.4. The zero-order valence-corrected chi connectivity index (χ0v) is 10.7. The Bertz CT molecular complexity index is 445. The van der Waals surface area contributed by atoms with Crippen LogP contribution in [0, 0.1) is 5.92 Å². The number of aliphatic hydroxyl groups is 1. The van der Waals surface area contributed by atoms with Crippen molar-refractivity contribution in [3.8, 4) is 5.75 Å². The van der Waals surface area contributed by atoms with Crippen molar-refractivity contribution >= 4 is 0 Å². The fraction of sp³-hybridized carbons (Fsp3) is 0.571. The van der Waals surface area contributed by atoms with Gasteiger partial charge in [0.05, 0.1) is 5.60 Å². The largest absolute Gasteiger partial charge is 0.573 e. The molecule has 1 aliphatic carbocycles. The van der Waals surface area contributed by atoms with Crippen molar-refractivity contribution in [1.29, 1.82) is 0 Å². The topological polar surface area (TPSA) is 29.5 Å². The second-order valence-corrected chi connectivity index (χ2v) is 5.28. The van der Waals surface area contributed by atoms with Crippen molar-refractivity contribution in [2.24, 2.45) is 5.92 Å². The van der Waals surface area contributed by atoms with Crippen molar-refractivity contribution in [3.05, 3.63) is 29.8 Å². The van der Waals surface area contributed by atoms with Gasteiger partial charge in [-0.05, 0) is 31.2 Å². The van der Waals surface area contributed by atoms with Crippen LogP contribution < -0.4 is 4.74 Å². The molecule has 0 bridgehead atoms. The summed E-state index contributed by atoms with van der Waals surface area (Å²) in [6.45, 7) is 2.00. The number of benzene rings is 1. The molecule has 5 heteroatoms. The maximum absolute atomic E-state index is 12.4. The molecule has 19 heavy (non-hydrogen) atoms. The Hall–Kier alpha value is -1.23. The van der Waals surface area contributed by atoms with Crippen molar-refractivity contribution in [2.75, 3.05) is 0 Å². The lowest BCUT2D eigenvalue weighted by atomic mass is 9.75. The van der Waals surface area contributed by atoms with Gasteiger partial charge >= 0.3 is 6.36 Å². The number of hydrogen-bond acceptors (Lipinski definition) is 2. The lowest BCUT2D eigenvalue weighted by Gasteiger charge is -2.36. The lowest BCUT2D eigenvalue weighted by Crippen LogP contribution is -2.33. The Balaban J connectivity index is 2.33. The van der Waals surface area contributed by atoms with E-state index >= 15 is 0 Å². The summed E-state index contributed by atoms with van der Waals surface area (Å²) in [5, 5.41) is 10.6. The normalized spacial score (nSPS) is 28.2. The number of ether oxygens (including phenoxy) is 1. The Morgan fingerprint density at radius 1 is 1.32 bits per heavy atom. The highest BCUT2D eigenvalue weighted by Gasteiger charge is 2.39. The Kier molecular flexibility index (Phi) is 3.76. The molecule has 0 aliphatic heterocycles. The minimum Gasteiger partial charge on any atom is -0.405 e. The molecule has 0 heterocycles. The van der Waals surface area contributed by atoms with E-state index in [2.05, 4.69) is 4.74 Å². The first-order chi connectivity index (χ1) is 8.80. The molecule has 0 aromatic heterocycles. The van der Waals surface area contributed by atoms with Crippen LogP contribution in [-0.4, -0.2) is 11.5 Å². The van der Waals surface area contributed by atoms with Gasteiger partial charge in [0.2, 0.25) is 0 Å². The van der Waals surface area contributed by atoms with Gasteiger partial charge in [-0.25, -0.2) is 0 Å². The quantitative estimate of drug-likeness (QED) is 0.883. The standard InChI is InChI=1S/C14H17F3O2/c1-10-5-4-8-13(18,9-10)11-6-2-3-7-12(11)19-14(15,16)17/h2-3,6-7,10,18H,4-5,8-9H2,1H3. The minimum absolute atomic E-state index is 0.235. The summed E-state index contributed by atoms with van der Waals surface area (Å²) in [5.41, 5.74) is -0.988. The van der Waals surface area contributed by atoms with Crippen LogP contribution in [0.25, 0.3) is 0 Å². The van der Waals surface area contributed by atoms with E-state index in [4.69, 9.17) is 0 Å². The fourth-order valence-electron chi connectivity index (χ4n) is 2.83. The summed E-state index contributed by atoms with van der Waals surface area (Å²) in [5.74, 6) is -0.00991. The number of rotatable bonds is 2. The molecule has 1 aromatic rings. The molecule has 1 saturated carbocycles. The first-order valence-corrected chi connectivity index (χ1v) is 6.38. The summed E-state index contributed by atoms with van der Waals surface area (Å²) in [7, 11) is 0. The van der Waals surface area contributed by atoms with Crippen molar-refractivity contribution < 1.29 is 23.0 Å². The molecule has 2 atom stereocenters. The molecule has 0 amide bonds. The molecular weight excluding hydrogens is 257 g/mol. The maximum Gasteiger partial charge on any atom is 0.573 e. The second-order valence-electron chi connectivity index (χ2n) is 5.28. The van der Waals surface area contributed by atoms with Crippen LogP contribution in [0.15, 0.2) is 24.3 Å². The van der Waals surface area contributed by atoms with Crippen LogP contribution in [0.5, 0.6) is 5.75 Å². The van der Waals surface area contributed by atoms with E-state index < -0.39 is 12.0 Å². The number of hydrogen-bond donors (Lipinski definition) is 1. The molecule has 2 unspecified atom stereocenters. The van der Waals surface area contributed by atoms with Gasteiger partial charge in [-0.1, -0.05) is 31.5 Å². The van der Waals surface area contributed by atoms with Gasteiger partial charge in [0.25, 0.3) is 0 Å². The summed E-state index contributed by atoms with van der Waals surface area (Å²) in [6, 6.07) is 5.86. The van der Waals surface area contributed by atoms with Crippen LogP contribution in [-0.2, 0) is 5.60 Å². The Labute approximate surface area is 110 Å². The third-order valence-corrected chi connectivity index (χ3v) is 3.59. The summed E-state index contributed by atoms with van der Waals surface area (Å²) in [6.07, 6.45) is -2.02. The Morgan fingerprint density at radius 2 is 2.00 bits per heavy atom. The predicted octanol–water partition coefficient (Wildman–Crippen LogP) is 3.98. The van der Waals surface area contributed by atoms with Crippen LogP contribution in [0.1, 0.15) is 38.2 Å². The number of halogens is 3. The van der Waals surface area contributed by atoms with E-state index in [0.29, 0.717) is 12.8 Å². The van der Waals surface area contributed by atoms with Crippen molar-refractivity contribution in [1.82, 2.24) is 0 Å². The molecular formula is C14H17F3O2. The highest BCUT2D eigenvalue weighted by molar-refractivity contribution is 5.38. The molecule has 1 fully saturated rings. The van der Waals surface area contributed by atoms with E-state index in [1.165, 1.54) is 18.2 Å². The van der Waals surface area contributed by atoms with Gasteiger partial charge in [0, 0.05) is 5.56 Å². The molecule has 1 aromatic carbocycles. The number of para-hydroxylation sites is 1. The molecule has 1 N–H and O–H groups in total. The van der Waals surface area contributed by atoms with Crippen LogP contribution in [0.4, 0.5) is 13.2 Å². The second kappa shape index (κ2) is 5.04. The van der Waals surface area contributed by atoms with Crippen LogP contribution >= 0.6 is 0 Å². The van der Waals surface area contributed by atoms with E-state index in [1.54, 1.807) is 6.07 Å². The minimum atomic E-state index is -4.74. The van der Waals surface area contributed by atoms with E-state index in [-0.39, 0.29) is 17.2 Å². The summed E-state index contributed by atoms with van der Waals surface area (Å²) < 4.78 is 41.2. The molecule has 1 aliphatic rings. The van der Waals surface area contributed by atoms with Crippen molar-refractivity contribution in [2.45, 2.75) is 44.6 Å². The zero-order chi connectivity index (χ0) is 14.1. The van der Waals surface area contributed by atoms with Crippen molar-refractivity contribution in [3.63, 3.8) is 0 Å². The van der Waals surface area contributed by atoms with Gasteiger partial charge < -0.3 is 9.84 Å². The molecule has 2 rings (SSSR count). The van der Waals surface area contributed by atoms with Gasteiger partial charge in [-0.2, -0.15) is 0 Å². The SMILES string of the molecule is CC1CCCC(O)(c2ccccc2OC(F)(F)F)C1. The van der Waals surface area contributed by atoms with E-state index in [1.807, 2.05) is 6.92 Å². The van der Waals surface area contributed by atoms with Gasteiger partial charge in [-0.15, -0.1) is 13.2 Å². The third-order valence-electron chi connectivity index (χ3n) is 3.59. The lowest BCUT2D eigenvalue weighted by molar-refractivity contribution is -0.275. The fourth-order valence-corrected chi connectivity index (χ4v) is 2.83. The van der Waals surface area contributed by atoms with Gasteiger partial charge in [0.15, 0.2) is 0 Å². The van der Waals surface area contributed by atoms with E-state index in [9.17, 15) is 18.3 Å². The molecule has 0 saturated heterocycles. The average molecular weight is 274 g/mol. The molecule has 0 radical (unpaired) electrons. The van der Waals surface area contributed by atoms with Gasteiger partial charge in [-0.3, -0.25) is 0 Å². The van der Waals surface area contributed by atoms with Gasteiger partial charge in [0.1, 0.15) is 5.75 Å². The number of alkyl halides is 3. The molecule has 0 spiro atoms. The zero-order valence-electron chi connectivity index (χ0n) is 10.7. The van der Waals surface area contributed by atoms with Crippen LogP contribution in [0.2, 0.25) is 0 Å². The smallest absolute Gasteiger partial charge is 0.405 e. The predicted molar refractivity (Wildman–Crippen MR) is 64.7 cm³/mol. The van der Waals surface area contributed by atoms with E-state index in [0.717, 1.165) is 12.8 Å². The molecule has 2 nitrogen and oxygen atoms in total.